The molecule has 1 aliphatic heterocycles. The molecule has 6 rings (SSSR count). The van der Waals surface area contributed by atoms with Crippen molar-refractivity contribution in [2.75, 3.05) is 33.2 Å². The Kier molecular flexibility index (Phi) is 5.46. The molecular weight excluding hydrogens is 408 g/mol. The summed E-state index contributed by atoms with van der Waals surface area (Å²) >= 11 is 0. The molecule has 1 aromatic rings. The number of ether oxygens (including phenoxy) is 3. The Labute approximate surface area is 189 Å². The summed E-state index contributed by atoms with van der Waals surface area (Å²) in [6.45, 7) is 0.675. The quantitative estimate of drug-likeness (QED) is 0.724. The Morgan fingerprint density at radius 2 is 1.50 bits per heavy atom. The topological polar surface area (TPSA) is 77.1 Å². The lowest BCUT2D eigenvalue weighted by Gasteiger charge is -2.56. The van der Waals surface area contributed by atoms with Crippen LogP contribution >= 0.6 is 0 Å². The number of benzene rings is 1. The van der Waals surface area contributed by atoms with Crippen LogP contribution in [0, 0.1) is 23.2 Å². The van der Waals surface area contributed by atoms with Crippen LogP contribution in [0.1, 0.15) is 51.4 Å². The molecular formula is C25H34N2O5. The number of anilines is 1. The molecule has 174 valence electrons. The molecule has 7 nitrogen and oxygen atoms in total. The van der Waals surface area contributed by atoms with Crippen molar-refractivity contribution in [2.24, 2.45) is 23.2 Å². The molecule has 0 aromatic heterocycles. The average Bonchev–Trinajstić information content (AvgIpc) is 3.26. The zero-order valence-corrected chi connectivity index (χ0v) is 19.3. The minimum atomic E-state index is -0.422. The third-order valence-electron chi connectivity index (χ3n) is 8.24. The van der Waals surface area contributed by atoms with Gasteiger partial charge in [-0.2, -0.15) is 0 Å². The highest BCUT2D eigenvalue weighted by Crippen LogP contribution is 2.60. The molecule has 4 bridgehead atoms. The van der Waals surface area contributed by atoms with Crippen molar-refractivity contribution in [3.05, 3.63) is 12.1 Å². The maximum atomic E-state index is 13.8. The van der Waals surface area contributed by atoms with Gasteiger partial charge in [-0.3, -0.25) is 9.59 Å². The first-order valence-corrected chi connectivity index (χ1v) is 11.9. The van der Waals surface area contributed by atoms with Gasteiger partial charge in [-0.25, -0.2) is 0 Å². The standard InChI is InChI=1S/C25H34N2O5/c1-30-20-10-18(11-21(31-2)22(20)32-3)26-23(28)19-5-4-6-27(19)24(29)25-12-15-7-16(13-25)9-17(8-15)14-25/h10-11,15-17,19H,4-9,12-14H2,1-3H3,(H,26,28). The molecule has 1 N–H and O–H groups in total. The lowest BCUT2D eigenvalue weighted by Crippen LogP contribution is -2.56. The molecule has 2 amide bonds. The summed E-state index contributed by atoms with van der Waals surface area (Å²) in [6.07, 6.45) is 8.55. The van der Waals surface area contributed by atoms with Gasteiger partial charge in [0, 0.05) is 24.4 Å². The lowest BCUT2D eigenvalue weighted by atomic mass is 9.49. The first-order chi connectivity index (χ1) is 15.5. The third-order valence-corrected chi connectivity index (χ3v) is 8.24. The van der Waals surface area contributed by atoms with E-state index in [1.54, 1.807) is 33.5 Å². The van der Waals surface area contributed by atoms with Crippen molar-refractivity contribution in [1.82, 2.24) is 4.90 Å². The van der Waals surface area contributed by atoms with Crippen molar-refractivity contribution in [3.63, 3.8) is 0 Å². The zero-order valence-electron chi connectivity index (χ0n) is 19.3. The molecule has 1 unspecified atom stereocenters. The fourth-order valence-corrected chi connectivity index (χ4v) is 7.34. The summed E-state index contributed by atoms with van der Waals surface area (Å²) in [6, 6.07) is 3.02. The second kappa shape index (κ2) is 8.16. The fraction of sp³-hybridized carbons (Fsp3) is 0.680. The number of carbonyl (C=O) groups excluding carboxylic acids is 2. The average molecular weight is 443 g/mol. The molecule has 1 heterocycles. The van der Waals surface area contributed by atoms with E-state index in [-0.39, 0.29) is 17.2 Å². The summed E-state index contributed by atoms with van der Waals surface area (Å²) in [5.41, 5.74) is 0.350. The summed E-state index contributed by atoms with van der Waals surface area (Å²) in [4.78, 5) is 29.0. The van der Waals surface area contributed by atoms with Crippen molar-refractivity contribution in [1.29, 1.82) is 0 Å². The molecule has 4 saturated carbocycles. The van der Waals surface area contributed by atoms with Crippen LogP contribution in [-0.2, 0) is 9.59 Å². The molecule has 4 aliphatic carbocycles. The highest BCUT2D eigenvalue weighted by Gasteiger charge is 2.56. The second-order valence-electron chi connectivity index (χ2n) is 10.3. The van der Waals surface area contributed by atoms with E-state index in [1.165, 1.54) is 19.3 Å². The van der Waals surface area contributed by atoms with Gasteiger partial charge in [-0.05, 0) is 69.1 Å². The predicted molar refractivity (Wildman–Crippen MR) is 120 cm³/mol. The SMILES string of the molecule is COc1cc(NC(=O)C2CCCN2C(=O)C23CC4CC(CC(C4)C2)C3)cc(OC)c1OC. The molecule has 32 heavy (non-hydrogen) atoms. The number of likely N-dealkylation sites (tertiary alicyclic amines) is 1. The number of hydrogen-bond donors (Lipinski definition) is 1. The van der Waals surface area contributed by atoms with Gasteiger partial charge in [-0.1, -0.05) is 0 Å². The molecule has 5 aliphatic rings. The molecule has 0 radical (unpaired) electrons. The largest absolute Gasteiger partial charge is 0.493 e. The minimum Gasteiger partial charge on any atom is -0.493 e. The first-order valence-electron chi connectivity index (χ1n) is 11.9. The predicted octanol–water partition coefficient (Wildman–Crippen LogP) is 3.86. The number of hydrogen-bond acceptors (Lipinski definition) is 5. The van der Waals surface area contributed by atoms with E-state index in [0.29, 0.717) is 53.7 Å². The first kappa shape index (κ1) is 21.4. The molecule has 1 atom stereocenters. The monoisotopic (exact) mass is 442 g/mol. The van der Waals surface area contributed by atoms with Crippen LogP contribution in [0.2, 0.25) is 0 Å². The van der Waals surface area contributed by atoms with Crippen LogP contribution in [0.15, 0.2) is 12.1 Å². The maximum Gasteiger partial charge on any atom is 0.247 e. The molecule has 1 aromatic carbocycles. The summed E-state index contributed by atoms with van der Waals surface area (Å²) in [5, 5.41) is 2.99. The van der Waals surface area contributed by atoms with Gasteiger partial charge in [0.1, 0.15) is 6.04 Å². The van der Waals surface area contributed by atoms with E-state index in [2.05, 4.69) is 5.32 Å². The molecule has 0 spiro atoms. The van der Waals surface area contributed by atoms with Crippen molar-refractivity contribution < 1.29 is 23.8 Å². The van der Waals surface area contributed by atoms with Crippen LogP contribution in [-0.4, -0.2) is 50.6 Å². The fourth-order valence-electron chi connectivity index (χ4n) is 7.34. The van der Waals surface area contributed by atoms with Gasteiger partial charge < -0.3 is 24.4 Å². The number of amides is 2. The van der Waals surface area contributed by atoms with E-state index in [1.807, 2.05) is 4.90 Å². The molecule has 5 fully saturated rings. The molecule has 1 saturated heterocycles. The Morgan fingerprint density at radius 3 is 2.00 bits per heavy atom. The summed E-state index contributed by atoms with van der Waals surface area (Å²) in [5.74, 6) is 3.66. The number of nitrogens with one attached hydrogen (secondary N) is 1. The van der Waals surface area contributed by atoms with E-state index in [0.717, 1.165) is 25.7 Å². The molecule has 7 heteroatoms. The minimum absolute atomic E-state index is 0.144. The highest BCUT2D eigenvalue weighted by molar-refractivity contribution is 5.99. The smallest absolute Gasteiger partial charge is 0.247 e. The van der Waals surface area contributed by atoms with Crippen LogP contribution in [0.5, 0.6) is 17.2 Å². The van der Waals surface area contributed by atoms with Crippen LogP contribution in [0.4, 0.5) is 5.69 Å². The maximum absolute atomic E-state index is 13.8. The number of rotatable bonds is 6. The van der Waals surface area contributed by atoms with E-state index in [4.69, 9.17) is 14.2 Å². The highest BCUT2D eigenvalue weighted by atomic mass is 16.5. The number of carbonyl (C=O) groups is 2. The lowest BCUT2D eigenvalue weighted by molar-refractivity contribution is -0.160. The van der Waals surface area contributed by atoms with Crippen molar-refractivity contribution in [2.45, 2.75) is 57.4 Å². The van der Waals surface area contributed by atoms with Crippen molar-refractivity contribution >= 4 is 17.5 Å². The van der Waals surface area contributed by atoms with Gasteiger partial charge in [-0.15, -0.1) is 0 Å². The van der Waals surface area contributed by atoms with E-state index < -0.39 is 6.04 Å². The van der Waals surface area contributed by atoms with Crippen LogP contribution in [0.25, 0.3) is 0 Å². The Hall–Kier alpha value is -2.44. The Morgan fingerprint density at radius 1 is 0.938 bits per heavy atom. The van der Waals surface area contributed by atoms with E-state index >= 15 is 0 Å². The second-order valence-corrected chi connectivity index (χ2v) is 10.3. The summed E-state index contributed by atoms with van der Waals surface area (Å²) < 4.78 is 16.2. The van der Waals surface area contributed by atoms with Gasteiger partial charge in [0.05, 0.1) is 26.7 Å². The van der Waals surface area contributed by atoms with Gasteiger partial charge in [0.25, 0.3) is 0 Å². The Bertz CT molecular complexity index is 853. The zero-order chi connectivity index (χ0) is 22.5. The summed E-state index contributed by atoms with van der Waals surface area (Å²) in [7, 11) is 4.64. The Balaban J connectivity index is 1.34. The van der Waals surface area contributed by atoms with Gasteiger partial charge in [0.15, 0.2) is 11.5 Å². The third kappa shape index (κ3) is 3.50. The van der Waals surface area contributed by atoms with E-state index in [9.17, 15) is 9.59 Å². The van der Waals surface area contributed by atoms with Gasteiger partial charge in [0.2, 0.25) is 17.6 Å². The van der Waals surface area contributed by atoms with Crippen molar-refractivity contribution in [3.8, 4) is 17.2 Å². The number of nitrogens with zero attached hydrogens (tertiary/aromatic N) is 1. The van der Waals surface area contributed by atoms with Crippen LogP contribution < -0.4 is 19.5 Å². The normalized spacial score (nSPS) is 32.7. The van der Waals surface area contributed by atoms with Crippen LogP contribution in [0.3, 0.4) is 0 Å². The van der Waals surface area contributed by atoms with Gasteiger partial charge >= 0.3 is 0 Å². The number of methoxy groups -OCH3 is 3.